The van der Waals surface area contributed by atoms with Gasteiger partial charge < -0.3 is 30.1 Å². The molecule has 8 bridgehead atoms. The molecule has 298 valence electrons. The van der Waals surface area contributed by atoms with Crippen molar-refractivity contribution in [2.24, 2.45) is 0 Å². The molecule has 60 heavy (non-hydrogen) atoms. The largest absolute Gasteiger partial charge is 0.573 e. The van der Waals surface area contributed by atoms with E-state index in [9.17, 15) is 26.3 Å². The highest BCUT2D eigenvalue weighted by molar-refractivity contribution is 5.99. The molecular formula is C46H30F6N6O2. The Labute approximate surface area is 337 Å². The molecule has 0 spiro atoms. The molecule has 0 fully saturated rings. The number of nitrogens with zero attached hydrogens (tertiary/aromatic N) is 2. The maximum atomic E-state index is 13.6. The Kier molecular flexibility index (Phi) is 9.59. The van der Waals surface area contributed by atoms with Gasteiger partial charge in [-0.1, -0.05) is 84.9 Å². The minimum absolute atomic E-state index is 0.0496. The van der Waals surface area contributed by atoms with Crippen molar-refractivity contribution in [3.63, 3.8) is 0 Å². The molecule has 2 aliphatic heterocycles. The zero-order valence-corrected chi connectivity index (χ0v) is 31.0. The fourth-order valence-electron chi connectivity index (χ4n) is 7.12. The predicted molar refractivity (Wildman–Crippen MR) is 223 cm³/mol. The summed E-state index contributed by atoms with van der Waals surface area (Å²) >= 11 is 0. The quantitative estimate of drug-likeness (QED) is 0.114. The number of ether oxygens (including phenoxy) is 2. The van der Waals surface area contributed by atoms with E-state index in [1.165, 1.54) is 36.4 Å². The molecule has 0 saturated carbocycles. The van der Waals surface area contributed by atoms with Gasteiger partial charge in [0.15, 0.2) is 11.5 Å². The molecule has 7 aromatic rings. The van der Waals surface area contributed by atoms with Crippen LogP contribution in [0, 0.1) is 0 Å². The van der Waals surface area contributed by atoms with Crippen LogP contribution in [0.5, 0.6) is 11.5 Å². The third-order valence-electron chi connectivity index (χ3n) is 9.62. The Balaban J connectivity index is 1.37. The van der Waals surface area contributed by atoms with Gasteiger partial charge in [0.1, 0.15) is 0 Å². The summed E-state index contributed by atoms with van der Waals surface area (Å²) in [7, 11) is 0. The summed E-state index contributed by atoms with van der Waals surface area (Å²) in [6.45, 7) is 0. The van der Waals surface area contributed by atoms with Gasteiger partial charge in [0, 0.05) is 22.2 Å². The zero-order chi connectivity index (χ0) is 41.4. The molecule has 9 rings (SSSR count). The Hall–Kier alpha value is -7.74. The van der Waals surface area contributed by atoms with E-state index in [4.69, 9.17) is 9.97 Å². The normalized spacial score (nSPS) is 12.4. The lowest BCUT2D eigenvalue weighted by Crippen LogP contribution is -2.17. The molecule has 0 radical (unpaired) electrons. The first-order valence-corrected chi connectivity index (χ1v) is 18.5. The molecular weight excluding hydrogens is 783 g/mol. The molecule has 4 aromatic carbocycles. The van der Waals surface area contributed by atoms with Crippen LogP contribution < -0.4 is 20.1 Å². The highest BCUT2D eigenvalue weighted by Gasteiger charge is 2.33. The first-order chi connectivity index (χ1) is 29.0. The minimum atomic E-state index is -4.94. The van der Waals surface area contributed by atoms with Crippen molar-refractivity contribution in [1.82, 2.24) is 19.9 Å². The van der Waals surface area contributed by atoms with Gasteiger partial charge >= 0.3 is 12.7 Å². The smallest absolute Gasteiger partial charge is 0.404 e. The van der Waals surface area contributed by atoms with Gasteiger partial charge in [0.25, 0.3) is 0 Å². The fourth-order valence-corrected chi connectivity index (χ4v) is 7.12. The molecule has 2 aliphatic rings. The molecule has 0 aliphatic carbocycles. The maximum absolute atomic E-state index is 13.6. The number of hydrogen-bond acceptors (Lipinski definition) is 6. The van der Waals surface area contributed by atoms with E-state index in [1.54, 1.807) is 48.6 Å². The monoisotopic (exact) mass is 812 g/mol. The third-order valence-corrected chi connectivity index (χ3v) is 9.62. The highest BCUT2D eigenvalue weighted by atomic mass is 19.4. The van der Waals surface area contributed by atoms with Crippen LogP contribution in [-0.2, 0) is 0 Å². The summed E-state index contributed by atoms with van der Waals surface area (Å²) in [5.74, 6) is -0.867. The van der Waals surface area contributed by atoms with Crippen molar-refractivity contribution in [3.05, 3.63) is 156 Å². The van der Waals surface area contributed by atoms with Crippen LogP contribution in [-0.4, -0.2) is 32.7 Å². The number of alkyl halides is 6. The summed E-state index contributed by atoms with van der Waals surface area (Å²) in [4.78, 5) is 17.1. The highest BCUT2D eigenvalue weighted by Crippen LogP contribution is 2.40. The first-order valence-electron chi connectivity index (χ1n) is 18.5. The van der Waals surface area contributed by atoms with Crippen LogP contribution in [0.2, 0.25) is 0 Å². The number of hydrogen-bond donors (Lipinski definition) is 4. The molecule has 0 unspecified atom stereocenters. The van der Waals surface area contributed by atoms with E-state index in [2.05, 4.69) is 30.1 Å². The second-order valence-electron chi connectivity index (χ2n) is 13.6. The number of fused-ring (bicyclic) bond motifs is 8. The van der Waals surface area contributed by atoms with Crippen molar-refractivity contribution >= 4 is 69.1 Å². The summed E-state index contributed by atoms with van der Waals surface area (Å²) < 4.78 is 90.3. The van der Waals surface area contributed by atoms with Gasteiger partial charge in [0.05, 0.1) is 56.6 Å². The number of halogens is 6. The SMILES string of the molecule is FC(F)(F)Oc1ccccc1Nc1c2nc(c(-c3ccccc3)c3ccc([nH]3)c(Nc3ccccc3OC(F)(F)F)c3nc(c(-c4ccccc4)c4ccc1[nH]4)C=C3)C=C2. The summed E-state index contributed by atoms with van der Waals surface area (Å²) in [5, 5.41) is 6.37. The van der Waals surface area contributed by atoms with Gasteiger partial charge in [-0.3, -0.25) is 0 Å². The van der Waals surface area contributed by atoms with Crippen LogP contribution in [0.25, 0.3) is 68.6 Å². The van der Waals surface area contributed by atoms with Crippen LogP contribution >= 0.6 is 0 Å². The van der Waals surface area contributed by atoms with Crippen LogP contribution in [0.1, 0.15) is 22.8 Å². The minimum Gasteiger partial charge on any atom is -0.404 e. The maximum Gasteiger partial charge on any atom is 0.573 e. The number of H-pyrrole nitrogens is 2. The second-order valence-corrected chi connectivity index (χ2v) is 13.6. The predicted octanol–water partition coefficient (Wildman–Crippen LogP) is 13.3. The van der Waals surface area contributed by atoms with E-state index < -0.39 is 24.2 Å². The number of para-hydroxylation sites is 4. The van der Waals surface area contributed by atoms with E-state index in [1.807, 2.05) is 72.8 Å². The second kappa shape index (κ2) is 15.2. The third kappa shape index (κ3) is 7.90. The first kappa shape index (κ1) is 37.8. The number of anilines is 4. The van der Waals surface area contributed by atoms with Crippen molar-refractivity contribution in [2.75, 3.05) is 10.6 Å². The van der Waals surface area contributed by atoms with Crippen molar-refractivity contribution < 1.29 is 35.8 Å². The topological polar surface area (TPSA) is 99.9 Å². The van der Waals surface area contributed by atoms with Crippen LogP contribution in [0.15, 0.2) is 133 Å². The van der Waals surface area contributed by atoms with E-state index >= 15 is 0 Å². The lowest BCUT2D eigenvalue weighted by atomic mass is 10.0. The van der Waals surface area contributed by atoms with Gasteiger partial charge in [0.2, 0.25) is 0 Å². The molecule has 0 atom stereocenters. The Morgan fingerprint density at radius 3 is 1.15 bits per heavy atom. The van der Waals surface area contributed by atoms with Gasteiger partial charge in [-0.15, -0.1) is 26.3 Å². The lowest BCUT2D eigenvalue weighted by molar-refractivity contribution is -0.275. The number of nitrogens with one attached hydrogen (secondary N) is 4. The van der Waals surface area contributed by atoms with E-state index in [0.717, 1.165) is 11.1 Å². The van der Waals surface area contributed by atoms with Crippen molar-refractivity contribution in [2.45, 2.75) is 12.7 Å². The van der Waals surface area contributed by atoms with Crippen molar-refractivity contribution in [1.29, 1.82) is 0 Å². The van der Waals surface area contributed by atoms with Crippen molar-refractivity contribution in [3.8, 4) is 33.8 Å². The zero-order valence-electron chi connectivity index (χ0n) is 31.0. The molecule has 3 aromatic heterocycles. The summed E-state index contributed by atoms with van der Waals surface area (Å²) in [5.41, 5.74) is 7.76. The molecule has 14 heteroatoms. The number of aromatic nitrogens is 4. The van der Waals surface area contributed by atoms with Crippen LogP contribution in [0.3, 0.4) is 0 Å². The molecule has 8 nitrogen and oxygen atoms in total. The standard InChI is InChI=1S/C46H30F6N6O2/c47-45(48,49)59-39-17-9-7-15-29(39)57-43-35-23-19-31(53-35)41(27-11-3-1-4-12-27)32-20-24-36(54-32)44(58-30-16-8-10-18-40(30)60-46(50,51)52)38-26-22-34(56-38)42(28-13-5-2-6-14-28)33-21-25-37(43)55-33/h1-26,53,56-58H. The number of benzene rings is 4. The lowest BCUT2D eigenvalue weighted by Gasteiger charge is -2.15. The summed E-state index contributed by atoms with van der Waals surface area (Å²) in [6, 6.07) is 37.6. The Bertz CT molecular complexity index is 2770. The van der Waals surface area contributed by atoms with E-state index in [0.29, 0.717) is 67.3 Å². The van der Waals surface area contributed by atoms with Gasteiger partial charge in [-0.25, -0.2) is 9.97 Å². The number of aromatic amines is 2. The fraction of sp³-hybridized carbons (Fsp3) is 0.0435. The Morgan fingerprint density at radius 2 is 0.750 bits per heavy atom. The van der Waals surface area contributed by atoms with Gasteiger partial charge in [-0.05, 0) is 84.0 Å². The average molecular weight is 813 g/mol. The molecule has 4 N–H and O–H groups in total. The molecule has 0 saturated heterocycles. The summed E-state index contributed by atoms with van der Waals surface area (Å²) in [6.07, 6.45) is -2.75. The molecule has 0 amide bonds. The van der Waals surface area contributed by atoms with Gasteiger partial charge in [-0.2, -0.15) is 0 Å². The van der Waals surface area contributed by atoms with E-state index in [-0.39, 0.29) is 11.4 Å². The Morgan fingerprint density at radius 1 is 0.400 bits per heavy atom. The number of rotatable bonds is 8. The molecule has 5 heterocycles. The average Bonchev–Trinajstić information content (AvgIpc) is 4.07. The van der Waals surface area contributed by atoms with Crippen LogP contribution in [0.4, 0.5) is 49.1 Å².